The van der Waals surface area contributed by atoms with Gasteiger partial charge in [-0.05, 0) is 69.7 Å². The maximum absolute atomic E-state index is 13.7. The van der Waals surface area contributed by atoms with Crippen LogP contribution in [-0.4, -0.2) is 19.8 Å². The molecule has 1 N–H and O–H groups in total. The Balaban J connectivity index is 1.99. The van der Waals surface area contributed by atoms with Gasteiger partial charge < -0.3 is 10.1 Å². The van der Waals surface area contributed by atoms with Crippen molar-refractivity contribution in [2.24, 2.45) is 5.92 Å². The van der Waals surface area contributed by atoms with E-state index < -0.39 is 0 Å². The van der Waals surface area contributed by atoms with E-state index in [0.717, 1.165) is 42.9 Å². The van der Waals surface area contributed by atoms with Gasteiger partial charge in [-0.1, -0.05) is 12.1 Å². The zero-order valence-electron chi connectivity index (χ0n) is 13.0. The number of hydrogen-bond acceptors (Lipinski definition) is 2. The molecule has 0 bridgehead atoms. The van der Waals surface area contributed by atoms with Crippen molar-refractivity contribution in [1.29, 1.82) is 0 Å². The Kier molecular flexibility index (Phi) is 5.17. The van der Waals surface area contributed by atoms with E-state index in [1.165, 1.54) is 5.56 Å². The second kappa shape index (κ2) is 6.68. The number of nitrogens with one attached hydrogen (secondary N) is 1. The van der Waals surface area contributed by atoms with Crippen LogP contribution in [0.1, 0.15) is 48.9 Å². The van der Waals surface area contributed by atoms with E-state index in [2.05, 4.69) is 5.32 Å². The van der Waals surface area contributed by atoms with Crippen LogP contribution in [0.15, 0.2) is 12.1 Å². The van der Waals surface area contributed by atoms with E-state index in [1.807, 2.05) is 40.0 Å². The Hall–Kier alpha value is -0.930. The molecular formula is C17H26FNO. The van der Waals surface area contributed by atoms with Crippen molar-refractivity contribution in [3.05, 3.63) is 34.6 Å². The van der Waals surface area contributed by atoms with E-state index in [-0.39, 0.29) is 5.82 Å². The molecule has 2 nitrogen and oxygen atoms in total. The van der Waals surface area contributed by atoms with Crippen LogP contribution in [0.5, 0.6) is 0 Å². The Morgan fingerprint density at radius 2 is 1.90 bits per heavy atom. The van der Waals surface area contributed by atoms with Gasteiger partial charge in [-0.25, -0.2) is 4.39 Å². The smallest absolute Gasteiger partial charge is 0.129 e. The summed E-state index contributed by atoms with van der Waals surface area (Å²) in [5, 5.41) is 3.37. The van der Waals surface area contributed by atoms with Gasteiger partial charge in [0.15, 0.2) is 0 Å². The maximum atomic E-state index is 13.7. The Bertz CT molecular complexity index is 431. The SMILES string of the molecule is CCOC1CC(CC(NC)c2cc(C)c(F)c(C)c2)C1. The Labute approximate surface area is 121 Å². The quantitative estimate of drug-likeness (QED) is 0.852. The van der Waals surface area contributed by atoms with Gasteiger partial charge in [0.1, 0.15) is 5.82 Å². The lowest BCUT2D eigenvalue weighted by atomic mass is 9.77. The fourth-order valence-electron chi connectivity index (χ4n) is 3.17. The summed E-state index contributed by atoms with van der Waals surface area (Å²) in [6.07, 6.45) is 3.88. The van der Waals surface area contributed by atoms with E-state index >= 15 is 0 Å². The van der Waals surface area contributed by atoms with E-state index in [9.17, 15) is 4.39 Å². The van der Waals surface area contributed by atoms with Crippen LogP contribution in [0.3, 0.4) is 0 Å². The maximum Gasteiger partial charge on any atom is 0.129 e. The molecule has 1 aromatic rings. The molecule has 0 saturated heterocycles. The molecule has 0 amide bonds. The van der Waals surface area contributed by atoms with Crippen molar-refractivity contribution < 1.29 is 9.13 Å². The zero-order valence-corrected chi connectivity index (χ0v) is 13.0. The van der Waals surface area contributed by atoms with Gasteiger partial charge in [0.25, 0.3) is 0 Å². The predicted molar refractivity (Wildman–Crippen MR) is 80.4 cm³/mol. The van der Waals surface area contributed by atoms with Crippen LogP contribution in [-0.2, 0) is 4.74 Å². The summed E-state index contributed by atoms with van der Waals surface area (Å²) in [6, 6.07) is 4.25. The molecule has 1 fully saturated rings. The minimum absolute atomic E-state index is 0.0799. The Morgan fingerprint density at radius 1 is 1.30 bits per heavy atom. The highest BCUT2D eigenvalue weighted by Gasteiger charge is 2.31. The molecule has 1 aromatic carbocycles. The van der Waals surface area contributed by atoms with Crippen molar-refractivity contribution in [2.45, 2.75) is 52.2 Å². The minimum Gasteiger partial charge on any atom is -0.378 e. The van der Waals surface area contributed by atoms with Crippen LogP contribution >= 0.6 is 0 Å². The number of aryl methyl sites for hydroxylation is 2. The number of rotatable bonds is 6. The van der Waals surface area contributed by atoms with Gasteiger partial charge in [0, 0.05) is 12.6 Å². The molecule has 1 aliphatic rings. The number of benzene rings is 1. The molecule has 2 rings (SSSR count). The molecule has 112 valence electrons. The topological polar surface area (TPSA) is 21.3 Å². The first-order valence-corrected chi connectivity index (χ1v) is 7.60. The van der Waals surface area contributed by atoms with Crippen molar-refractivity contribution in [2.75, 3.05) is 13.7 Å². The first kappa shape index (κ1) is 15.5. The van der Waals surface area contributed by atoms with Crippen LogP contribution in [0.25, 0.3) is 0 Å². The standard InChI is InChI=1S/C17H26FNO/c1-5-20-15-8-13(9-15)10-16(19-4)14-6-11(2)17(18)12(3)7-14/h6-7,13,15-16,19H,5,8-10H2,1-4H3. The van der Waals surface area contributed by atoms with Gasteiger partial charge in [-0.15, -0.1) is 0 Å². The van der Waals surface area contributed by atoms with E-state index in [1.54, 1.807) is 0 Å². The summed E-state index contributed by atoms with van der Waals surface area (Å²) >= 11 is 0. The lowest BCUT2D eigenvalue weighted by molar-refractivity contribution is -0.0289. The Morgan fingerprint density at radius 3 is 2.40 bits per heavy atom. The molecule has 1 atom stereocenters. The van der Waals surface area contributed by atoms with Crippen LogP contribution in [0.4, 0.5) is 4.39 Å². The normalized spacial score (nSPS) is 23.4. The molecule has 0 radical (unpaired) electrons. The predicted octanol–water partition coefficient (Wildman–Crippen LogP) is 3.91. The van der Waals surface area contributed by atoms with E-state index in [0.29, 0.717) is 12.1 Å². The molecule has 0 aliphatic heterocycles. The molecule has 3 heteroatoms. The number of halogens is 1. The van der Waals surface area contributed by atoms with Gasteiger partial charge in [0.2, 0.25) is 0 Å². The van der Waals surface area contributed by atoms with Crippen LogP contribution < -0.4 is 5.32 Å². The largest absolute Gasteiger partial charge is 0.378 e. The fraction of sp³-hybridized carbons (Fsp3) is 0.647. The van der Waals surface area contributed by atoms with Crippen molar-refractivity contribution in [3.63, 3.8) is 0 Å². The summed E-state index contributed by atoms with van der Waals surface area (Å²) in [6.45, 7) is 6.54. The number of hydrogen-bond donors (Lipinski definition) is 1. The summed E-state index contributed by atoms with van der Waals surface area (Å²) in [4.78, 5) is 0. The van der Waals surface area contributed by atoms with Crippen molar-refractivity contribution in [1.82, 2.24) is 5.32 Å². The van der Waals surface area contributed by atoms with Gasteiger partial charge in [-0.3, -0.25) is 0 Å². The highest BCUT2D eigenvalue weighted by atomic mass is 19.1. The third kappa shape index (κ3) is 3.39. The second-order valence-corrected chi connectivity index (χ2v) is 5.96. The molecular weight excluding hydrogens is 253 g/mol. The van der Waals surface area contributed by atoms with Crippen LogP contribution in [0, 0.1) is 25.6 Å². The van der Waals surface area contributed by atoms with Crippen molar-refractivity contribution >= 4 is 0 Å². The molecule has 20 heavy (non-hydrogen) atoms. The summed E-state index contributed by atoms with van der Waals surface area (Å²) in [7, 11) is 1.98. The molecule has 0 heterocycles. The van der Waals surface area contributed by atoms with Crippen molar-refractivity contribution in [3.8, 4) is 0 Å². The van der Waals surface area contributed by atoms with E-state index in [4.69, 9.17) is 4.74 Å². The monoisotopic (exact) mass is 279 g/mol. The van der Waals surface area contributed by atoms with Gasteiger partial charge in [-0.2, -0.15) is 0 Å². The second-order valence-electron chi connectivity index (χ2n) is 5.96. The lowest BCUT2D eigenvalue weighted by Crippen LogP contribution is -2.34. The molecule has 1 unspecified atom stereocenters. The van der Waals surface area contributed by atoms with Gasteiger partial charge in [0.05, 0.1) is 6.10 Å². The molecule has 0 aromatic heterocycles. The summed E-state index contributed by atoms with van der Waals surface area (Å²) < 4.78 is 19.3. The highest BCUT2D eigenvalue weighted by molar-refractivity contribution is 5.32. The zero-order chi connectivity index (χ0) is 14.7. The third-order valence-corrected chi connectivity index (χ3v) is 4.37. The first-order chi connectivity index (χ1) is 9.55. The fourth-order valence-corrected chi connectivity index (χ4v) is 3.17. The third-order valence-electron chi connectivity index (χ3n) is 4.37. The molecule has 1 saturated carbocycles. The summed E-state index contributed by atoms with van der Waals surface area (Å²) in [5.74, 6) is 0.637. The highest BCUT2D eigenvalue weighted by Crippen LogP contribution is 2.37. The lowest BCUT2D eigenvalue weighted by Gasteiger charge is -2.37. The average Bonchev–Trinajstić information content (AvgIpc) is 2.38. The minimum atomic E-state index is -0.0799. The average molecular weight is 279 g/mol. The van der Waals surface area contributed by atoms with Crippen LogP contribution in [0.2, 0.25) is 0 Å². The first-order valence-electron chi connectivity index (χ1n) is 7.60. The van der Waals surface area contributed by atoms with Gasteiger partial charge >= 0.3 is 0 Å². The molecule has 0 spiro atoms. The number of ether oxygens (including phenoxy) is 1. The molecule has 1 aliphatic carbocycles. The summed E-state index contributed by atoms with van der Waals surface area (Å²) in [5.41, 5.74) is 2.67.